The molecule has 0 fully saturated rings. The zero-order valence-electron chi connectivity index (χ0n) is 16.4. The van der Waals surface area contributed by atoms with Crippen LogP contribution in [0.5, 0.6) is 0 Å². The molecule has 3 aromatic rings. The number of aliphatic hydroxyl groups is 1. The van der Waals surface area contributed by atoms with E-state index in [4.69, 9.17) is 0 Å². The highest BCUT2D eigenvalue weighted by molar-refractivity contribution is 5.95. The Labute approximate surface area is 167 Å². The summed E-state index contributed by atoms with van der Waals surface area (Å²) < 4.78 is 14.8. The fraction of sp³-hybridized carbons (Fsp3) is 0.227. The first kappa shape index (κ1) is 20.4. The summed E-state index contributed by atoms with van der Waals surface area (Å²) in [6, 6.07) is 12.0. The van der Waals surface area contributed by atoms with Crippen molar-refractivity contribution in [2.75, 3.05) is 6.61 Å². The van der Waals surface area contributed by atoms with Gasteiger partial charge in [0.2, 0.25) is 0 Å². The SMILES string of the molecule is Cc1ccc(-c2cc(C(=O)N[C@@H](C)CO)c(=O)n(-c3cccc(F)c3)n2)cc1C. The minimum absolute atomic E-state index is 0.141. The van der Waals surface area contributed by atoms with Gasteiger partial charge in [-0.3, -0.25) is 9.59 Å². The molecule has 0 spiro atoms. The molecule has 0 saturated heterocycles. The highest BCUT2D eigenvalue weighted by atomic mass is 19.1. The summed E-state index contributed by atoms with van der Waals surface area (Å²) in [5.41, 5.74) is 2.66. The maximum Gasteiger partial charge on any atom is 0.284 e. The first-order chi connectivity index (χ1) is 13.8. The monoisotopic (exact) mass is 395 g/mol. The molecular weight excluding hydrogens is 373 g/mol. The lowest BCUT2D eigenvalue weighted by atomic mass is 10.0. The van der Waals surface area contributed by atoms with Crippen LogP contribution in [0.15, 0.2) is 53.3 Å². The van der Waals surface area contributed by atoms with Crippen molar-refractivity contribution in [3.05, 3.63) is 81.4 Å². The van der Waals surface area contributed by atoms with Crippen molar-refractivity contribution < 1.29 is 14.3 Å². The van der Waals surface area contributed by atoms with Crippen LogP contribution in [-0.4, -0.2) is 33.4 Å². The van der Waals surface area contributed by atoms with Crippen LogP contribution in [0, 0.1) is 19.7 Å². The average Bonchev–Trinajstić information content (AvgIpc) is 2.70. The summed E-state index contributed by atoms with van der Waals surface area (Å²) in [4.78, 5) is 25.6. The predicted octanol–water partition coefficient (Wildman–Crippen LogP) is 2.77. The fourth-order valence-corrected chi connectivity index (χ4v) is 2.83. The molecule has 29 heavy (non-hydrogen) atoms. The second-order valence-corrected chi connectivity index (χ2v) is 7.00. The van der Waals surface area contributed by atoms with E-state index in [1.165, 1.54) is 24.3 Å². The quantitative estimate of drug-likeness (QED) is 0.696. The number of aromatic nitrogens is 2. The highest BCUT2D eigenvalue weighted by Crippen LogP contribution is 2.21. The Morgan fingerprint density at radius 1 is 1.17 bits per heavy atom. The van der Waals surface area contributed by atoms with E-state index in [1.54, 1.807) is 13.0 Å². The van der Waals surface area contributed by atoms with Crippen molar-refractivity contribution in [1.82, 2.24) is 15.1 Å². The summed E-state index contributed by atoms with van der Waals surface area (Å²) in [6.07, 6.45) is 0. The molecule has 1 aromatic heterocycles. The van der Waals surface area contributed by atoms with Crippen LogP contribution in [0.2, 0.25) is 0 Å². The van der Waals surface area contributed by atoms with E-state index in [1.807, 2.05) is 32.0 Å². The maximum absolute atomic E-state index is 13.7. The van der Waals surface area contributed by atoms with Crippen molar-refractivity contribution >= 4 is 5.91 Å². The van der Waals surface area contributed by atoms with Crippen LogP contribution in [0.4, 0.5) is 4.39 Å². The lowest BCUT2D eigenvalue weighted by Crippen LogP contribution is -2.39. The number of nitrogens with one attached hydrogen (secondary N) is 1. The van der Waals surface area contributed by atoms with Crippen LogP contribution in [0.3, 0.4) is 0 Å². The average molecular weight is 395 g/mol. The largest absolute Gasteiger partial charge is 0.394 e. The number of nitrogens with zero attached hydrogens (tertiary/aromatic N) is 2. The van der Waals surface area contributed by atoms with Gasteiger partial charge >= 0.3 is 0 Å². The molecule has 0 radical (unpaired) electrons. The molecule has 0 aliphatic heterocycles. The first-order valence-electron chi connectivity index (χ1n) is 9.20. The normalized spacial score (nSPS) is 11.9. The summed E-state index contributed by atoms with van der Waals surface area (Å²) >= 11 is 0. The van der Waals surface area contributed by atoms with Crippen molar-refractivity contribution in [3.63, 3.8) is 0 Å². The molecule has 0 aliphatic rings. The number of carbonyl (C=O) groups is 1. The lowest BCUT2D eigenvalue weighted by molar-refractivity contribution is 0.0920. The van der Waals surface area contributed by atoms with Crippen LogP contribution in [-0.2, 0) is 0 Å². The number of rotatable bonds is 5. The van der Waals surface area contributed by atoms with E-state index in [2.05, 4.69) is 10.4 Å². The lowest BCUT2D eigenvalue weighted by Gasteiger charge is -2.14. The minimum Gasteiger partial charge on any atom is -0.394 e. The fourth-order valence-electron chi connectivity index (χ4n) is 2.83. The Morgan fingerprint density at radius 3 is 2.59 bits per heavy atom. The molecule has 7 heteroatoms. The van der Waals surface area contributed by atoms with Crippen molar-refractivity contribution in [1.29, 1.82) is 0 Å². The molecule has 150 valence electrons. The smallest absolute Gasteiger partial charge is 0.284 e. The summed E-state index contributed by atoms with van der Waals surface area (Å²) in [6.45, 7) is 5.29. The zero-order valence-corrected chi connectivity index (χ0v) is 16.4. The Kier molecular flexibility index (Phi) is 5.89. The number of aryl methyl sites for hydroxylation is 2. The summed E-state index contributed by atoms with van der Waals surface area (Å²) in [5.74, 6) is -1.15. The molecule has 2 N–H and O–H groups in total. The van der Waals surface area contributed by atoms with Gasteiger partial charge in [0.25, 0.3) is 11.5 Å². The van der Waals surface area contributed by atoms with Gasteiger partial charge in [-0.1, -0.05) is 18.2 Å². The Hall–Kier alpha value is -3.32. The van der Waals surface area contributed by atoms with Crippen molar-refractivity contribution in [3.8, 4) is 16.9 Å². The van der Waals surface area contributed by atoms with Crippen LogP contribution in [0.1, 0.15) is 28.4 Å². The van der Waals surface area contributed by atoms with Gasteiger partial charge in [0, 0.05) is 11.6 Å². The Morgan fingerprint density at radius 2 is 1.93 bits per heavy atom. The topological polar surface area (TPSA) is 84.2 Å². The van der Waals surface area contributed by atoms with Crippen molar-refractivity contribution in [2.24, 2.45) is 0 Å². The molecule has 2 aromatic carbocycles. The molecule has 1 heterocycles. The molecular formula is C22H22FN3O3. The van der Waals surface area contributed by atoms with Gasteiger partial charge < -0.3 is 10.4 Å². The maximum atomic E-state index is 13.7. The van der Waals surface area contributed by atoms with E-state index >= 15 is 0 Å². The predicted molar refractivity (Wildman–Crippen MR) is 109 cm³/mol. The zero-order chi connectivity index (χ0) is 21.1. The van der Waals surface area contributed by atoms with E-state index in [-0.39, 0.29) is 17.9 Å². The van der Waals surface area contributed by atoms with E-state index in [9.17, 15) is 19.1 Å². The second-order valence-electron chi connectivity index (χ2n) is 7.00. The van der Waals surface area contributed by atoms with Gasteiger partial charge in [0.05, 0.1) is 18.0 Å². The molecule has 0 saturated carbocycles. The number of amides is 1. The first-order valence-corrected chi connectivity index (χ1v) is 9.20. The van der Waals surface area contributed by atoms with Crippen LogP contribution < -0.4 is 10.9 Å². The Balaban J connectivity index is 2.22. The molecule has 1 atom stereocenters. The number of aliphatic hydroxyl groups excluding tert-OH is 1. The summed E-state index contributed by atoms with van der Waals surface area (Å²) in [7, 11) is 0. The minimum atomic E-state index is -0.675. The molecule has 3 rings (SSSR count). The number of hydrogen-bond donors (Lipinski definition) is 2. The molecule has 0 bridgehead atoms. The number of halogens is 1. The number of carbonyl (C=O) groups excluding carboxylic acids is 1. The highest BCUT2D eigenvalue weighted by Gasteiger charge is 2.19. The third-order valence-electron chi connectivity index (χ3n) is 4.66. The van der Waals surface area contributed by atoms with Crippen molar-refractivity contribution in [2.45, 2.75) is 26.8 Å². The number of hydrogen-bond acceptors (Lipinski definition) is 4. The third-order valence-corrected chi connectivity index (χ3v) is 4.66. The van der Waals surface area contributed by atoms with Gasteiger partial charge in [-0.05, 0) is 62.2 Å². The van der Waals surface area contributed by atoms with E-state index < -0.39 is 23.3 Å². The molecule has 6 nitrogen and oxygen atoms in total. The summed E-state index contributed by atoms with van der Waals surface area (Å²) in [5, 5.41) is 16.1. The van der Waals surface area contributed by atoms with Gasteiger partial charge in [0.15, 0.2) is 0 Å². The van der Waals surface area contributed by atoms with Crippen LogP contribution in [0.25, 0.3) is 16.9 Å². The van der Waals surface area contributed by atoms with Gasteiger partial charge in [0.1, 0.15) is 11.4 Å². The molecule has 0 unspecified atom stereocenters. The van der Waals surface area contributed by atoms with Crippen LogP contribution >= 0.6 is 0 Å². The standard InChI is InChI=1S/C22H22FN3O3/c1-13-7-8-16(9-14(13)2)20-11-19(21(28)24-15(3)12-27)22(29)26(25-20)18-6-4-5-17(23)10-18/h4-11,15,27H,12H2,1-3H3,(H,24,28)/t15-/m0/s1. The van der Waals surface area contributed by atoms with Gasteiger partial charge in [-0.2, -0.15) is 9.78 Å². The second kappa shape index (κ2) is 8.36. The van der Waals surface area contributed by atoms with E-state index in [0.717, 1.165) is 21.4 Å². The number of benzene rings is 2. The molecule has 1 amide bonds. The van der Waals surface area contributed by atoms with Gasteiger partial charge in [-0.15, -0.1) is 0 Å². The third kappa shape index (κ3) is 4.41. The Bertz CT molecular complexity index is 1120. The molecule has 0 aliphatic carbocycles. The van der Waals surface area contributed by atoms with Gasteiger partial charge in [-0.25, -0.2) is 4.39 Å². The van der Waals surface area contributed by atoms with E-state index in [0.29, 0.717) is 5.69 Å².